The van der Waals surface area contributed by atoms with Crippen LogP contribution in [0, 0.1) is 5.92 Å². The van der Waals surface area contributed by atoms with Crippen molar-refractivity contribution in [1.29, 1.82) is 0 Å². The number of hydrogen-bond acceptors (Lipinski definition) is 7. The van der Waals surface area contributed by atoms with E-state index >= 15 is 0 Å². The van der Waals surface area contributed by atoms with Crippen molar-refractivity contribution in [3.8, 4) is 0 Å². The molecule has 0 radical (unpaired) electrons. The van der Waals surface area contributed by atoms with Crippen LogP contribution in [0.5, 0.6) is 0 Å². The molecule has 0 aliphatic rings. The summed E-state index contributed by atoms with van der Waals surface area (Å²) in [5, 5.41) is 2.96. The molecule has 0 aromatic carbocycles. The van der Waals surface area contributed by atoms with Gasteiger partial charge in [0, 0.05) is 6.07 Å². The summed E-state index contributed by atoms with van der Waals surface area (Å²) in [4.78, 5) is 19.4. The van der Waals surface area contributed by atoms with Crippen LogP contribution in [0.4, 0.5) is 17.6 Å². The highest BCUT2D eigenvalue weighted by Crippen LogP contribution is 2.15. The molecule has 1 aromatic heterocycles. The van der Waals surface area contributed by atoms with E-state index in [0.717, 1.165) is 0 Å². The van der Waals surface area contributed by atoms with Crippen molar-refractivity contribution in [2.24, 2.45) is 5.92 Å². The average molecular weight is 253 g/mol. The number of methoxy groups -OCH3 is 1. The van der Waals surface area contributed by atoms with Crippen molar-refractivity contribution in [3.63, 3.8) is 0 Å². The van der Waals surface area contributed by atoms with Gasteiger partial charge < -0.3 is 21.5 Å². The molecule has 0 saturated heterocycles. The summed E-state index contributed by atoms with van der Waals surface area (Å²) in [5.41, 5.74) is 11.0. The Morgan fingerprint density at radius 2 is 2.11 bits per heavy atom. The average Bonchev–Trinajstić information content (AvgIpc) is 2.25. The van der Waals surface area contributed by atoms with Gasteiger partial charge in [0.15, 0.2) is 0 Å². The van der Waals surface area contributed by atoms with Gasteiger partial charge >= 0.3 is 5.97 Å². The Morgan fingerprint density at radius 1 is 1.44 bits per heavy atom. The molecule has 100 valence electrons. The lowest BCUT2D eigenvalue weighted by molar-refractivity contribution is -0.141. The van der Waals surface area contributed by atoms with E-state index in [1.165, 1.54) is 13.2 Å². The van der Waals surface area contributed by atoms with Gasteiger partial charge in [-0.2, -0.15) is 9.97 Å². The predicted molar refractivity (Wildman–Crippen MR) is 69.7 cm³/mol. The van der Waals surface area contributed by atoms with Gasteiger partial charge in [-0.1, -0.05) is 13.8 Å². The monoisotopic (exact) mass is 253 g/mol. The summed E-state index contributed by atoms with van der Waals surface area (Å²) in [7, 11) is 1.35. The first-order chi connectivity index (χ1) is 8.42. The van der Waals surface area contributed by atoms with Crippen LogP contribution in [0.1, 0.15) is 20.3 Å². The number of nitrogens with zero attached hydrogens (tertiary/aromatic N) is 2. The number of aromatic nitrogens is 2. The van der Waals surface area contributed by atoms with Gasteiger partial charge in [-0.25, -0.2) is 4.79 Å². The number of nitrogens with two attached hydrogens (primary N) is 2. The Morgan fingerprint density at radius 3 is 2.61 bits per heavy atom. The second-order valence-corrected chi connectivity index (χ2v) is 4.39. The maximum atomic E-state index is 11.6. The molecule has 5 N–H and O–H groups in total. The Labute approximate surface area is 106 Å². The van der Waals surface area contributed by atoms with Crippen LogP contribution < -0.4 is 16.8 Å². The predicted octanol–water partition coefficient (Wildman–Crippen LogP) is 0.641. The Balaban J connectivity index is 2.84. The molecule has 0 aliphatic carbocycles. The molecule has 7 heteroatoms. The van der Waals surface area contributed by atoms with Gasteiger partial charge in [-0.3, -0.25) is 0 Å². The third-order valence-corrected chi connectivity index (χ3v) is 2.28. The zero-order valence-corrected chi connectivity index (χ0v) is 10.8. The van der Waals surface area contributed by atoms with Crippen LogP contribution in [-0.2, 0) is 9.53 Å². The normalized spacial score (nSPS) is 12.2. The highest BCUT2D eigenvalue weighted by molar-refractivity contribution is 5.79. The molecule has 1 unspecified atom stereocenters. The van der Waals surface area contributed by atoms with Crippen molar-refractivity contribution in [2.45, 2.75) is 26.3 Å². The van der Waals surface area contributed by atoms with E-state index in [1.807, 2.05) is 13.8 Å². The summed E-state index contributed by atoms with van der Waals surface area (Å²) in [5.74, 6) is 0.706. The number of carbonyl (C=O) groups is 1. The molecule has 0 spiro atoms. The fourth-order valence-electron chi connectivity index (χ4n) is 1.57. The van der Waals surface area contributed by atoms with Gasteiger partial charge in [0.1, 0.15) is 17.7 Å². The number of nitrogen functional groups attached to an aromatic ring is 2. The molecule has 0 bridgehead atoms. The number of hydrogen-bond donors (Lipinski definition) is 3. The van der Waals surface area contributed by atoms with Crippen molar-refractivity contribution in [3.05, 3.63) is 6.07 Å². The van der Waals surface area contributed by atoms with Crippen LogP contribution in [0.3, 0.4) is 0 Å². The summed E-state index contributed by atoms with van der Waals surface area (Å²) in [6.45, 7) is 4.03. The number of nitrogens with one attached hydrogen (secondary N) is 1. The van der Waals surface area contributed by atoms with Crippen LogP contribution in [0.25, 0.3) is 0 Å². The number of esters is 1. The van der Waals surface area contributed by atoms with E-state index in [2.05, 4.69) is 15.3 Å². The van der Waals surface area contributed by atoms with Gasteiger partial charge in [0.2, 0.25) is 5.95 Å². The third kappa shape index (κ3) is 4.08. The molecule has 7 nitrogen and oxygen atoms in total. The maximum Gasteiger partial charge on any atom is 0.328 e. The number of carbonyl (C=O) groups excluding carboxylic acids is 1. The van der Waals surface area contributed by atoms with E-state index in [-0.39, 0.29) is 17.7 Å². The molecule has 0 saturated carbocycles. The number of anilines is 3. The molecule has 0 fully saturated rings. The van der Waals surface area contributed by atoms with Gasteiger partial charge in [-0.15, -0.1) is 0 Å². The minimum absolute atomic E-state index is 0.0608. The first-order valence-corrected chi connectivity index (χ1v) is 5.66. The fourth-order valence-corrected chi connectivity index (χ4v) is 1.57. The second-order valence-electron chi connectivity index (χ2n) is 4.39. The van der Waals surface area contributed by atoms with Crippen LogP contribution >= 0.6 is 0 Å². The zero-order chi connectivity index (χ0) is 13.7. The molecule has 1 atom stereocenters. The summed E-state index contributed by atoms with van der Waals surface area (Å²) in [6, 6.07) is 1.04. The van der Waals surface area contributed by atoms with Gasteiger partial charge in [-0.05, 0) is 12.3 Å². The van der Waals surface area contributed by atoms with Crippen molar-refractivity contribution in [1.82, 2.24) is 9.97 Å². The smallest absolute Gasteiger partial charge is 0.328 e. The largest absolute Gasteiger partial charge is 0.467 e. The standard InChI is InChI=1S/C11H19N5O2/c1-6(2)4-7(10(17)18-3)14-9-5-8(12)15-11(13)16-9/h5-7H,4H2,1-3H3,(H5,12,13,14,15,16). The summed E-state index contributed by atoms with van der Waals surface area (Å²) >= 11 is 0. The van der Waals surface area contributed by atoms with E-state index in [9.17, 15) is 4.79 Å². The van der Waals surface area contributed by atoms with Crippen molar-refractivity contribution < 1.29 is 9.53 Å². The highest BCUT2D eigenvalue weighted by atomic mass is 16.5. The highest BCUT2D eigenvalue weighted by Gasteiger charge is 2.21. The fraction of sp³-hybridized carbons (Fsp3) is 0.545. The van der Waals surface area contributed by atoms with Gasteiger partial charge in [0.25, 0.3) is 0 Å². The second kappa shape index (κ2) is 6.04. The van der Waals surface area contributed by atoms with E-state index in [1.54, 1.807) is 0 Å². The minimum atomic E-state index is -0.483. The van der Waals surface area contributed by atoms with Crippen LogP contribution in [0.15, 0.2) is 6.07 Å². The molecule has 0 aliphatic heterocycles. The number of rotatable bonds is 5. The van der Waals surface area contributed by atoms with E-state index in [4.69, 9.17) is 16.2 Å². The topological polar surface area (TPSA) is 116 Å². The molecular weight excluding hydrogens is 234 g/mol. The zero-order valence-electron chi connectivity index (χ0n) is 10.8. The van der Waals surface area contributed by atoms with Crippen molar-refractivity contribution >= 4 is 23.6 Å². The Bertz CT molecular complexity index is 402. The molecule has 1 rings (SSSR count). The van der Waals surface area contributed by atoms with Crippen LogP contribution in [0.2, 0.25) is 0 Å². The van der Waals surface area contributed by atoms with E-state index in [0.29, 0.717) is 18.2 Å². The SMILES string of the molecule is COC(=O)C(CC(C)C)Nc1cc(N)nc(N)n1. The minimum Gasteiger partial charge on any atom is -0.467 e. The Kier molecular flexibility index (Phi) is 4.70. The summed E-state index contributed by atoms with van der Waals surface area (Å²) < 4.78 is 4.74. The Hall–Kier alpha value is -2.05. The van der Waals surface area contributed by atoms with E-state index < -0.39 is 6.04 Å². The van der Waals surface area contributed by atoms with Gasteiger partial charge in [0.05, 0.1) is 7.11 Å². The molecule has 18 heavy (non-hydrogen) atoms. The first kappa shape index (κ1) is 14.0. The quantitative estimate of drug-likeness (QED) is 0.659. The lowest BCUT2D eigenvalue weighted by Gasteiger charge is -2.18. The first-order valence-electron chi connectivity index (χ1n) is 5.66. The molecule has 1 aromatic rings. The lowest BCUT2D eigenvalue weighted by atomic mass is 10.0. The maximum absolute atomic E-state index is 11.6. The molecule has 1 heterocycles. The molecular formula is C11H19N5O2. The third-order valence-electron chi connectivity index (χ3n) is 2.28. The van der Waals surface area contributed by atoms with Crippen molar-refractivity contribution in [2.75, 3.05) is 23.9 Å². The summed E-state index contributed by atoms with van der Waals surface area (Å²) in [6.07, 6.45) is 0.622. The lowest BCUT2D eigenvalue weighted by Crippen LogP contribution is -2.32. The number of ether oxygens (including phenoxy) is 1. The van der Waals surface area contributed by atoms with Crippen LogP contribution in [-0.4, -0.2) is 29.1 Å². The molecule has 0 amide bonds.